The number of hydrogen-bond acceptors (Lipinski definition) is 4. The fourth-order valence-corrected chi connectivity index (χ4v) is 1.62. The van der Waals surface area contributed by atoms with Gasteiger partial charge in [-0.1, -0.05) is 6.92 Å². The van der Waals surface area contributed by atoms with Crippen molar-refractivity contribution in [1.82, 2.24) is 9.80 Å². The van der Waals surface area contributed by atoms with E-state index in [-0.39, 0.29) is 29.6 Å². The van der Waals surface area contributed by atoms with Crippen molar-refractivity contribution in [3.8, 4) is 0 Å². The fourth-order valence-electron chi connectivity index (χ4n) is 1.62. The SMILES string of the molecule is CCCN1CCN(C(=O)C(=O)[O-])CC1.[Na+]. The van der Waals surface area contributed by atoms with E-state index in [1.165, 1.54) is 4.90 Å². The van der Waals surface area contributed by atoms with Crippen molar-refractivity contribution in [3.63, 3.8) is 0 Å². The number of amides is 1. The fraction of sp³-hybridized carbons (Fsp3) is 0.778. The summed E-state index contributed by atoms with van der Waals surface area (Å²) in [6.07, 6.45) is 1.08. The van der Waals surface area contributed by atoms with Crippen LogP contribution in [0.1, 0.15) is 13.3 Å². The third-order valence-corrected chi connectivity index (χ3v) is 2.37. The Morgan fingerprint density at radius 2 is 1.73 bits per heavy atom. The molecule has 0 atom stereocenters. The van der Waals surface area contributed by atoms with Crippen LogP contribution in [0.5, 0.6) is 0 Å². The molecular weight excluding hydrogens is 207 g/mol. The Labute approximate surface area is 112 Å². The average Bonchev–Trinajstić information content (AvgIpc) is 2.18. The Morgan fingerprint density at radius 3 is 2.13 bits per heavy atom. The zero-order chi connectivity index (χ0) is 10.6. The predicted molar refractivity (Wildman–Crippen MR) is 48.3 cm³/mol. The molecule has 0 radical (unpaired) electrons. The van der Waals surface area contributed by atoms with Crippen molar-refractivity contribution in [2.45, 2.75) is 13.3 Å². The van der Waals surface area contributed by atoms with E-state index in [4.69, 9.17) is 0 Å². The van der Waals surface area contributed by atoms with Crippen molar-refractivity contribution in [2.24, 2.45) is 0 Å². The number of hydrogen-bond donors (Lipinski definition) is 0. The number of piperazine rings is 1. The smallest absolute Gasteiger partial charge is 0.540 e. The number of rotatable bonds is 2. The van der Waals surface area contributed by atoms with Gasteiger partial charge in [0, 0.05) is 26.2 Å². The first-order valence-electron chi connectivity index (χ1n) is 4.87. The summed E-state index contributed by atoms with van der Waals surface area (Å²) in [6, 6.07) is 0. The molecule has 6 heteroatoms. The third kappa shape index (κ3) is 4.51. The standard InChI is InChI=1S/C9H16N2O3.Na/c1-2-3-10-4-6-11(7-5-10)8(12)9(13)14;/h2-7H2,1H3,(H,13,14);/q;+1/p-1. The first-order valence-corrected chi connectivity index (χ1v) is 4.87. The van der Waals surface area contributed by atoms with E-state index >= 15 is 0 Å². The molecule has 1 aliphatic rings. The minimum absolute atomic E-state index is 0. The number of carbonyl (C=O) groups is 2. The van der Waals surface area contributed by atoms with Crippen molar-refractivity contribution in [2.75, 3.05) is 32.7 Å². The van der Waals surface area contributed by atoms with Gasteiger partial charge in [0.1, 0.15) is 5.97 Å². The first kappa shape index (κ1) is 14.9. The van der Waals surface area contributed by atoms with Gasteiger partial charge in [-0.2, -0.15) is 0 Å². The number of carboxylic acid groups (broad SMARTS) is 1. The monoisotopic (exact) mass is 222 g/mol. The van der Waals surface area contributed by atoms with Gasteiger partial charge in [0.15, 0.2) is 0 Å². The summed E-state index contributed by atoms with van der Waals surface area (Å²) in [5.41, 5.74) is 0. The van der Waals surface area contributed by atoms with Crippen LogP contribution in [-0.4, -0.2) is 54.4 Å². The minimum Gasteiger partial charge on any atom is -0.540 e. The minimum atomic E-state index is -1.60. The number of nitrogens with zero attached hydrogens (tertiary/aromatic N) is 2. The summed E-state index contributed by atoms with van der Waals surface area (Å²) in [6.45, 7) is 5.60. The molecule has 0 saturated carbocycles. The molecule has 0 N–H and O–H groups in total. The van der Waals surface area contributed by atoms with Gasteiger partial charge in [-0.3, -0.25) is 9.69 Å². The van der Waals surface area contributed by atoms with Crippen molar-refractivity contribution >= 4 is 11.9 Å². The third-order valence-electron chi connectivity index (χ3n) is 2.37. The topological polar surface area (TPSA) is 63.7 Å². The molecule has 0 unspecified atom stereocenters. The second kappa shape index (κ2) is 7.22. The quantitative estimate of drug-likeness (QED) is 0.348. The van der Waals surface area contributed by atoms with Crippen molar-refractivity contribution < 1.29 is 44.3 Å². The van der Waals surface area contributed by atoms with E-state index in [1.807, 2.05) is 0 Å². The van der Waals surface area contributed by atoms with Gasteiger partial charge in [0.2, 0.25) is 0 Å². The second-order valence-corrected chi connectivity index (χ2v) is 3.42. The molecule has 80 valence electrons. The normalized spacial score (nSPS) is 17.0. The van der Waals surface area contributed by atoms with E-state index in [1.54, 1.807) is 0 Å². The van der Waals surface area contributed by atoms with E-state index in [0.29, 0.717) is 13.1 Å². The molecule has 0 aromatic carbocycles. The maximum Gasteiger partial charge on any atom is 1.00 e. The molecule has 0 spiro atoms. The van der Waals surface area contributed by atoms with Gasteiger partial charge in [0.25, 0.3) is 5.91 Å². The van der Waals surface area contributed by atoms with Gasteiger partial charge < -0.3 is 14.8 Å². The van der Waals surface area contributed by atoms with Crippen LogP contribution in [0.25, 0.3) is 0 Å². The molecule has 1 heterocycles. The predicted octanol–water partition coefficient (Wildman–Crippen LogP) is -4.71. The molecular formula is C9H15N2NaO3. The van der Waals surface area contributed by atoms with Crippen LogP contribution < -0.4 is 34.7 Å². The molecule has 1 fully saturated rings. The molecule has 1 aliphatic heterocycles. The molecule has 0 aliphatic carbocycles. The Balaban J connectivity index is 0.00000196. The van der Waals surface area contributed by atoms with Crippen LogP contribution >= 0.6 is 0 Å². The Hall–Kier alpha value is -0.100. The summed E-state index contributed by atoms with van der Waals surface area (Å²) in [7, 11) is 0. The first-order chi connectivity index (χ1) is 6.65. The van der Waals surface area contributed by atoms with E-state index in [2.05, 4.69) is 11.8 Å². The van der Waals surface area contributed by atoms with Gasteiger partial charge in [-0.15, -0.1) is 0 Å². The van der Waals surface area contributed by atoms with Gasteiger partial charge in [-0.05, 0) is 13.0 Å². The molecule has 15 heavy (non-hydrogen) atoms. The molecule has 1 rings (SSSR count). The summed E-state index contributed by atoms with van der Waals surface area (Å²) in [4.78, 5) is 24.9. The average molecular weight is 222 g/mol. The van der Waals surface area contributed by atoms with Gasteiger partial charge in [0.05, 0.1) is 0 Å². The summed E-state index contributed by atoms with van der Waals surface area (Å²) in [5.74, 6) is -2.49. The maximum absolute atomic E-state index is 11.0. The Kier molecular flexibility index (Phi) is 7.17. The van der Waals surface area contributed by atoms with Crippen LogP contribution in [0.3, 0.4) is 0 Å². The van der Waals surface area contributed by atoms with Crippen LogP contribution in [0.4, 0.5) is 0 Å². The zero-order valence-electron chi connectivity index (χ0n) is 9.36. The molecule has 0 aromatic rings. The number of carboxylic acids is 1. The van der Waals surface area contributed by atoms with E-state index < -0.39 is 11.9 Å². The molecule has 0 bridgehead atoms. The van der Waals surface area contributed by atoms with Crippen molar-refractivity contribution in [1.29, 1.82) is 0 Å². The Bertz CT molecular complexity index is 227. The molecule has 1 amide bonds. The summed E-state index contributed by atoms with van der Waals surface area (Å²) in [5, 5.41) is 10.3. The van der Waals surface area contributed by atoms with E-state index in [0.717, 1.165) is 26.1 Å². The number of carbonyl (C=O) groups excluding carboxylic acids is 2. The van der Waals surface area contributed by atoms with E-state index in [9.17, 15) is 14.7 Å². The van der Waals surface area contributed by atoms with Crippen LogP contribution in [-0.2, 0) is 9.59 Å². The Morgan fingerprint density at radius 1 is 1.20 bits per heavy atom. The van der Waals surface area contributed by atoms with Crippen LogP contribution in [0.2, 0.25) is 0 Å². The molecule has 1 saturated heterocycles. The zero-order valence-corrected chi connectivity index (χ0v) is 11.4. The van der Waals surface area contributed by atoms with Crippen LogP contribution in [0.15, 0.2) is 0 Å². The largest absolute Gasteiger partial charge is 1.00 e. The van der Waals surface area contributed by atoms with Crippen molar-refractivity contribution in [3.05, 3.63) is 0 Å². The molecule has 5 nitrogen and oxygen atoms in total. The summed E-state index contributed by atoms with van der Waals surface area (Å²) < 4.78 is 0. The van der Waals surface area contributed by atoms with Gasteiger partial charge in [-0.25, -0.2) is 0 Å². The number of aliphatic carboxylic acids is 1. The summed E-state index contributed by atoms with van der Waals surface area (Å²) >= 11 is 0. The van der Waals surface area contributed by atoms with Gasteiger partial charge >= 0.3 is 29.6 Å². The molecule has 0 aromatic heterocycles. The second-order valence-electron chi connectivity index (χ2n) is 3.42. The van der Waals surface area contributed by atoms with Crippen LogP contribution in [0, 0.1) is 0 Å². The maximum atomic E-state index is 11.0.